The number of nitrogens with two attached hydrogens (primary N) is 1. The number of aliphatic carboxylic acids is 2. The van der Waals surface area contributed by atoms with Crippen LogP contribution in [0.4, 0.5) is 0 Å². The van der Waals surface area contributed by atoms with Gasteiger partial charge >= 0.3 is 11.9 Å². The molecular weight excluding hydrogens is 638 g/mol. The summed E-state index contributed by atoms with van der Waals surface area (Å²) < 4.78 is 0. The van der Waals surface area contributed by atoms with Crippen LogP contribution in [0.15, 0.2) is 74.0 Å². The molecule has 0 spiro atoms. The number of nitrogens with zero attached hydrogens (tertiary/aromatic N) is 2. The van der Waals surface area contributed by atoms with E-state index in [-0.39, 0.29) is 12.8 Å². The lowest BCUT2D eigenvalue weighted by molar-refractivity contribution is -0.137. The van der Waals surface area contributed by atoms with E-state index in [9.17, 15) is 19.8 Å². The molecule has 2 aliphatic rings. The Kier molecular flexibility index (Phi) is 11.0. The zero-order chi connectivity index (χ0) is 36.8. The van der Waals surface area contributed by atoms with Gasteiger partial charge in [-0.2, -0.15) is 0 Å². The fourth-order valence-electron chi connectivity index (χ4n) is 6.44. The largest absolute Gasteiger partial charge is 0.481 e. The first-order valence-corrected chi connectivity index (χ1v) is 16.7. The Morgan fingerprint density at radius 1 is 0.686 bits per heavy atom. The van der Waals surface area contributed by atoms with E-state index in [1.165, 1.54) is 6.20 Å². The number of nitrogens with one attached hydrogen (secondary N) is 2. The molecule has 0 unspecified atom stereocenters. The Morgan fingerprint density at radius 3 is 1.59 bits per heavy atom. The molecule has 2 aliphatic heterocycles. The van der Waals surface area contributed by atoms with Gasteiger partial charge < -0.3 is 25.9 Å². The second-order valence-electron chi connectivity index (χ2n) is 12.5. The van der Waals surface area contributed by atoms with Crippen molar-refractivity contribution in [1.82, 2.24) is 19.9 Å². The number of aromatic amines is 2. The van der Waals surface area contributed by atoms with Gasteiger partial charge in [0.25, 0.3) is 0 Å². The molecule has 1 aromatic carbocycles. The maximum Gasteiger partial charge on any atom is 0.303 e. The first-order valence-electron chi connectivity index (χ1n) is 16.7. The molecule has 0 saturated carbocycles. The number of carboxylic acid groups (broad SMARTS) is 2. The summed E-state index contributed by atoms with van der Waals surface area (Å²) in [5, 5.41) is 18.9. The third kappa shape index (κ3) is 7.83. The summed E-state index contributed by atoms with van der Waals surface area (Å²) in [5.74, 6) is -1.78. The third-order valence-electron chi connectivity index (χ3n) is 9.31. The second kappa shape index (κ2) is 15.6. The van der Waals surface area contributed by atoms with Crippen molar-refractivity contribution >= 4 is 74.5 Å². The number of rotatable bonds is 9. The first kappa shape index (κ1) is 36.1. The Morgan fingerprint density at radius 2 is 1.14 bits per heavy atom. The molecule has 51 heavy (non-hydrogen) atoms. The van der Waals surface area contributed by atoms with E-state index >= 15 is 0 Å². The average Bonchev–Trinajstić information content (AvgIpc) is 3.76. The number of hydrogen-bond donors (Lipinski definition) is 5. The summed E-state index contributed by atoms with van der Waals surface area (Å²) in [5.41, 5.74) is 20.0. The predicted octanol–water partition coefficient (Wildman–Crippen LogP) is 9.42. The normalized spacial score (nSPS) is 12.5. The van der Waals surface area contributed by atoms with Crippen molar-refractivity contribution in [3.63, 3.8) is 0 Å². The van der Waals surface area contributed by atoms with Gasteiger partial charge in [-0.1, -0.05) is 55.6 Å². The van der Waals surface area contributed by atoms with E-state index in [1.807, 2.05) is 94.5 Å². The highest BCUT2D eigenvalue weighted by atomic mass is 16.4. The number of fused-ring (bicyclic) bond motifs is 8. The maximum atomic E-state index is 11.5. The summed E-state index contributed by atoms with van der Waals surface area (Å²) in [6, 6.07) is 17.8. The number of aromatic nitrogens is 4. The Balaban J connectivity index is 0.000000488. The molecule has 8 bridgehead atoms. The van der Waals surface area contributed by atoms with Crippen molar-refractivity contribution in [1.29, 1.82) is 0 Å². The van der Waals surface area contributed by atoms with Crippen molar-refractivity contribution in [2.75, 3.05) is 0 Å². The highest BCUT2D eigenvalue weighted by Crippen LogP contribution is 2.38. The summed E-state index contributed by atoms with van der Waals surface area (Å²) in [6.45, 7) is 16.1. The van der Waals surface area contributed by atoms with Crippen molar-refractivity contribution in [2.45, 2.75) is 53.4 Å². The Labute approximate surface area is 297 Å². The number of hydrogen-bond acceptors (Lipinski definition) is 5. The highest BCUT2D eigenvalue weighted by molar-refractivity contribution is 5.97. The van der Waals surface area contributed by atoms with Crippen molar-refractivity contribution in [2.24, 2.45) is 5.73 Å². The van der Waals surface area contributed by atoms with Crippen LogP contribution in [0.5, 0.6) is 0 Å². The third-order valence-corrected chi connectivity index (χ3v) is 9.31. The fourth-order valence-corrected chi connectivity index (χ4v) is 6.44. The number of benzene rings is 1. The zero-order valence-electron chi connectivity index (χ0n) is 29.4. The number of carbonyl (C=O) groups is 2. The molecule has 3 aromatic heterocycles. The van der Waals surface area contributed by atoms with Crippen LogP contribution in [0, 0.1) is 13.8 Å². The smallest absolute Gasteiger partial charge is 0.303 e. The topological polar surface area (TPSA) is 158 Å². The van der Waals surface area contributed by atoms with Gasteiger partial charge in [0, 0.05) is 46.0 Å². The van der Waals surface area contributed by atoms with Crippen molar-refractivity contribution < 1.29 is 19.8 Å². The molecular formula is C42H43N5O4. The van der Waals surface area contributed by atoms with Crippen LogP contribution in [0.3, 0.4) is 0 Å². The van der Waals surface area contributed by atoms with E-state index in [2.05, 4.69) is 29.2 Å². The molecule has 0 radical (unpaired) electrons. The molecule has 0 amide bonds. The van der Waals surface area contributed by atoms with Gasteiger partial charge in [-0.15, -0.1) is 0 Å². The van der Waals surface area contributed by atoms with E-state index in [1.54, 1.807) is 0 Å². The van der Waals surface area contributed by atoms with E-state index < -0.39 is 11.9 Å². The molecule has 9 nitrogen and oxygen atoms in total. The zero-order valence-corrected chi connectivity index (χ0v) is 29.4. The SMILES string of the molecule is C=Cc1c(C)c2cc3[nH]c(cc4nc(cc5nc(cc1[nH]2)C(C)=C5CCC(=O)O)C(CCC(=O)O)=C4C)c(C)c3C=C.N/C=C/c1ccccc1. The molecule has 6 rings (SSSR count). The standard InChI is InChI=1S/C34H34N4O4.C8H9N/c1-7-21-17(3)25-13-26-19(5)23(9-11-33(39)40)31(37-26)16-32-24(10-12-34(41)42)20(6)28(38-32)15-30-22(8-2)18(4)27(36-30)14-29(21)35-25;9-7-6-8-4-2-1-3-5-8/h7-8,13-16,35-36H,1-2,9-12H2,3-6H3,(H,39,40)(H,41,42);1-7H,9H2/b;7-6+. The summed E-state index contributed by atoms with van der Waals surface area (Å²) in [6.07, 6.45) is 7.60. The molecule has 0 aliphatic carbocycles. The van der Waals surface area contributed by atoms with Gasteiger partial charge in [-0.25, -0.2) is 9.97 Å². The predicted molar refractivity (Wildman–Crippen MR) is 209 cm³/mol. The van der Waals surface area contributed by atoms with Crippen LogP contribution in [0.2, 0.25) is 0 Å². The van der Waals surface area contributed by atoms with Crippen LogP contribution in [-0.4, -0.2) is 42.1 Å². The van der Waals surface area contributed by atoms with Gasteiger partial charge in [0.1, 0.15) is 0 Å². The van der Waals surface area contributed by atoms with Gasteiger partial charge in [0.15, 0.2) is 0 Å². The summed E-state index contributed by atoms with van der Waals surface area (Å²) in [7, 11) is 0. The Hall–Kier alpha value is -6.22. The van der Waals surface area contributed by atoms with Gasteiger partial charge in [0.2, 0.25) is 0 Å². The lowest BCUT2D eigenvalue weighted by atomic mass is 9.98. The average molecular weight is 682 g/mol. The van der Waals surface area contributed by atoms with Gasteiger partial charge in [-0.05, 0) is 116 Å². The highest BCUT2D eigenvalue weighted by Gasteiger charge is 2.22. The van der Waals surface area contributed by atoms with Gasteiger partial charge in [0.05, 0.1) is 22.8 Å². The van der Waals surface area contributed by atoms with E-state index in [0.717, 1.165) is 83.6 Å². The maximum absolute atomic E-state index is 11.5. The second-order valence-corrected chi connectivity index (χ2v) is 12.5. The van der Waals surface area contributed by atoms with Crippen LogP contribution < -0.4 is 5.73 Å². The minimum Gasteiger partial charge on any atom is -0.481 e. The van der Waals surface area contributed by atoms with Crippen LogP contribution >= 0.6 is 0 Å². The first-order chi connectivity index (χ1) is 24.4. The summed E-state index contributed by atoms with van der Waals surface area (Å²) >= 11 is 0. The molecule has 0 atom stereocenters. The number of carboxylic acids is 2. The van der Waals surface area contributed by atoms with Crippen LogP contribution in [0.25, 0.3) is 62.6 Å². The number of H-pyrrole nitrogens is 2. The minimum atomic E-state index is -0.889. The molecule has 0 saturated heterocycles. The Bertz CT molecular complexity index is 2300. The molecule has 5 heterocycles. The van der Waals surface area contributed by atoms with Crippen molar-refractivity contribution in [3.05, 3.63) is 125 Å². The fraction of sp³-hybridized carbons (Fsp3) is 0.190. The van der Waals surface area contributed by atoms with Crippen molar-refractivity contribution in [3.8, 4) is 0 Å². The molecule has 9 heteroatoms. The molecule has 4 aromatic rings. The molecule has 6 N–H and O–H groups in total. The molecule has 260 valence electrons. The van der Waals surface area contributed by atoms with E-state index in [4.69, 9.17) is 15.7 Å². The van der Waals surface area contributed by atoms with Crippen LogP contribution in [0.1, 0.15) is 90.1 Å². The van der Waals surface area contributed by atoms with E-state index in [0.29, 0.717) is 24.2 Å². The molecule has 0 fully saturated rings. The monoisotopic (exact) mass is 681 g/mol. The quantitative estimate of drug-likeness (QED) is 0.118. The van der Waals surface area contributed by atoms with Gasteiger partial charge in [-0.3, -0.25) is 9.59 Å². The van der Waals surface area contributed by atoms with Crippen LogP contribution in [-0.2, 0) is 9.59 Å². The number of aryl methyl sites for hydroxylation is 2. The lowest BCUT2D eigenvalue weighted by Crippen LogP contribution is -1.97. The summed E-state index contributed by atoms with van der Waals surface area (Å²) in [4.78, 5) is 40.0. The lowest BCUT2D eigenvalue weighted by Gasteiger charge is -2.05. The number of allylic oxidation sites excluding steroid dienone is 4. The minimum absolute atomic E-state index is 0.0367.